The molecule has 5 rings (SSSR count). The Bertz CT molecular complexity index is 1410. The van der Waals surface area contributed by atoms with Gasteiger partial charge in [-0.25, -0.2) is 9.78 Å². The normalized spacial score (nSPS) is 13.7. The van der Waals surface area contributed by atoms with E-state index in [2.05, 4.69) is 4.98 Å². The van der Waals surface area contributed by atoms with Crippen LogP contribution in [0.2, 0.25) is 0 Å². The van der Waals surface area contributed by atoms with Crippen LogP contribution in [0.5, 0.6) is 0 Å². The first-order chi connectivity index (χ1) is 14.5. The van der Waals surface area contributed by atoms with Gasteiger partial charge in [-0.2, -0.15) is 0 Å². The molecular weight excluding hydrogens is 408 g/mol. The standard InChI is InChI=1S/C20H18N4O5S/c25-19-17-13-4-1-2-5-16(13)30-18(17)21-11-22(19)8-3-9-23-14-10-12(24(27)28)6-7-15(14)29-20(23)26/h6-7,10-11H,1-5,8-9H2. The largest absolute Gasteiger partial charge is 0.419 e. The van der Waals surface area contributed by atoms with Crippen LogP contribution in [0.4, 0.5) is 5.69 Å². The fourth-order valence-electron chi connectivity index (χ4n) is 4.12. The number of thiophene rings is 1. The molecule has 30 heavy (non-hydrogen) atoms. The third-order valence-electron chi connectivity index (χ3n) is 5.58. The molecule has 154 valence electrons. The summed E-state index contributed by atoms with van der Waals surface area (Å²) in [6.45, 7) is 0.666. The van der Waals surface area contributed by atoms with Crippen LogP contribution in [0, 0.1) is 10.1 Å². The molecule has 0 atom stereocenters. The van der Waals surface area contributed by atoms with Gasteiger partial charge in [0.25, 0.3) is 11.2 Å². The van der Waals surface area contributed by atoms with Gasteiger partial charge in [-0.1, -0.05) is 0 Å². The van der Waals surface area contributed by atoms with Crippen LogP contribution >= 0.6 is 11.3 Å². The predicted octanol–water partition coefficient (Wildman–Crippen LogP) is 3.24. The first kappa shape index (κ1) is 18.7. The number of aryl methyl sites for hydroxylation is 4. The highest BCUT2D eigenvalue weighted by Gasteiger charge is 2.20. The number of benzene rings is 1. The minimum Gasteiger partial charge on any atom is -0.408 e. The highest BCUT2D eigenvalue weighted by molar-refractivity contribution is 7.18. The first-order valence-electron chi connectivity index (χ1n) is 9.80. The second-order valence-electron chi connectivity index (χ2n) is 7.42. The molecule has 1 aromatic carbocycles. The van der Waals surface area contributed by atoms with E-state index in [1.165, 1.54) is 27.6 Å². The van der Waals surface area contributed by atoms with E-state index in [0.717, 1.165) is 41.5 Å². The lowest BCUT2D eigenvalue weighted by molar-refractivity contribution is -0.384. The van der Waals surface area contributed by atoms with Gasteiger partial charge in [0.2, 0.25) is 0 Å². The van der Waals surface area contributed by atoms with E-state index < -0.39 is 10.7 Å². The Morgan fingerprint density at radius 3 is 2.87 bits per heavy atom. The molecule has 0 aliphatic heterocycles. The van der Waals surface area contributed by atoms with Crippen LogP contribution in [0.15, 0.2) is 38.5 Å². The minimum absolute atomic E-state index is 0.0422. The van der Waals surface area contributed by atoms with Crippen molar-refractivity contribution in [1.29, 1.82) is 0 Å². The maximum atomic E-state index is 13.0. The Morgan fingerprint density at radius 1 is 1.20 bits per heavy atom. The monoisotopic (exact) mass is 426 g/mol. The van der Waals surface area contributed by atoms with E-state index in [0.29, 0.717) is 24.1 Å². The molecule has 0 N–H and O–H groups in total. The zero-order valence-corrected chi connectivity index (χ0v) is 16.8. The van der Waals surface area contributed by atoms with E-state index in [-0.39, 0.29) is 17.8 Å². The highest BCUT2D eigenvalue weighted by atomic mass is 32.1. The van der Waals surface area contributed by atoms with E-state index in [4.69, 9.17) is 4.42 Å². The number of rotatable bonds is 5. The van der Waals surface area contributed by atoms with Gasteiger partial charge in [0.1, 0.15) is 4.83 Å². The zero-order valence-electron chi connectivity index (χ0n) is 16.0. The molecule has 0 saturated heterocycles. The molecule has 10 heteroatoms. The molecule has 0 radical (unpaired) electrons. The summed E-state index contributed by atoms with van der Waals surface area (Å²) < 4.78 is 8.12. The van der Waals surface area contributed by atoms with Gasteiger partial charge in [-0.15, -0.1) is 11.3 Å². The van der Waals surface area contributed by atoms with Gasteiger partial charge >= 0.3 is 5.76 Å². The van der Waals surface area contributed by atoms with E-state index in [1.54, 1.807) is 22.2 Å². The Balaban J connectivity index is 1.41. The number of hydrogen-bond donors (Lipinski definition) is 0. The van der Waals surface area contributed by atoms with Crippen LogP contribution in [0.1, 0.15) is 29.7 Å². The second kappa shape index (κ2) is 7.21. The van der Waals surface area contributed by atoms with Crippen LogP contribution in [-0.2, 0) is 25.9 Å². The first-order valence-corrected chi connectivity index (χ1v) is 10.6. The molecular formula is C20H18N4O5S. The van der Waals surface area contributed by atoms with Gasteiger partial charge in [0.15, 0.2) is 5.58 Å². The molecule has 0 unspecified atom stereocenters. The molecule has 0 fully saturated rings. The van der Waals surface area contributed by atoms with E-state index in [1.807, 2.05) is 0 Å². The van der Waals surface area contributed by atoms with Gasteiger partial charge in [-0.05, 0) is 43.7 Å². The summed E-state index contributed by atoms with van der Waals surface area (Å²) in [5.41, 5.74) is 1.68. The number of non-ortho nitro benzene ring substituents is 1. The molecule has 1 aliphatic carbocycles. The molecule has 3 aromatic heterocycles. The number of oxazole rings is 1. The topological polar surface area (TPSA) is 113 Å². The fourth-order valence-corrected chi connectivity index (χ4v) is 5.33. The molecule has 0 bridgehead atoms. The maximum Gasteiger partial charge on any atom is 0.419 e. The number of nitrogens with zero attached hydrogens (tertiary/aromatic N) is 4. The fraction of sp³-hybridized carbons (Fsp3) is 0.350. The average Bonchev–Trinajstić information content (AvgIpc) is 3.26. The van der Waals surface area contributed by atoms with Crippen molar-refractivity contribution in [2.75, 3.05) is 0 Å². The van der Waals surface area contributed by atoms with Gasteiger partial charge in [0.05, 0.1) is 22.2 Å². The summed E-state index contributed by atoms with van der Waals surface area (Å²) in [5, 5.41) is 11.8. The van der Waals surface area contributed by atoms with E-state index >= 15 is 0 Å². The van der Waals surface area contributed by atoms with Crippen LogP contribution in [0.3, 0.4) is 0 Å². The third-order valence-corrected chi connectivity index (χ3v) is 6.78. The Hall–Kier alpha value is -3.27. The van der Waals surface area contributed by atoms with Crippen LogP contribution in [-0.4, -0.2) is 19.0 Å². The van der Waals surface area contributed by atoms with Crippen LogP contribution < -0.4 is 11.3 Å². The molecule has 3 heterocycles. The van der Waals surface area contributed by atoms with Crippen molar-refractivity contribution < 1.29 is 9.34 Å². The smallest absolute Gasteiger partial charge is 0.408 e. The lowest BCUT2D eigenvalue weighted by Gasteiger charge is -2.10. The van der Waals surface area contributed by atoms with Gasteiger partial charge in [0, 0.05) is 30.1 Å². The molecule has 9 nitrogen and oxygen atoms in total. The molecule has 0 amide bonds. The van der Waals surface area contributed by atoms with Gasteiger partial charge in [-0.3, -0.25) is 24.0 Å². The summed E-state index contributed by atoms with van der Waals surface area (Å²) in [7, 11) is 0. The Kier molecular flexibility index (Phi) is 4.50. The number of nitro benzene ring substituents is 1. The van der Waals surface area contributed by atoms with Crippen LogP contribution in [0.25, 0.3) is 21.3 Å². The van der Waals surface area contributed by atoms with Crippen molar-refractivity contribution in [3.8, 4) is 0 Å². The number of aromatic nitrogens is 3. The summed E-state index contributed by atoms with van der Waals surface area (Å²) in [4.78, 5) is 42.3. The average molecular weight is 426 g/mol. The molecule has 0 spiro atoms. The van der Waals surface area contributed by atoms with Crippen molar-refractivity contribution in [3.63, 3.8) is 0 Å². The predicted molar refractivity (Wildman–Crippen MR) is 112 cm³/mol. The highest BCUT2D eigenvalue weighted by Crippen LogP contribution is 2.33. The SMILES string of the molecule is O=c1c2c3c(sc2ncn1CCCn1c(=O)oc2ccc([N+](=O)[O-])cc21)CCCC3. The Morgan fingerprint density at radius 2 is 2.03 bits per heavy atom. The maximum absolute atomic E-state index is 13.0. The Labute approximate surface area is 173 Å². The molecule has 1 aliphatic rings. The van der Waals surface area contributed by atoms with E-state index in [9.17, 15) is 19.7 Å². The quantitative estimate of drug-likeness (QED) is 0.358. The van der Waals surface area contributed by atoms with Gasteiger partial charge < -0.3 is 4.42 Å². The summed E-state index contributed by atoms with van der Waals surface area (Å²) in [6, 6.07) is 4.06. The molecule has 4 aromatic rings. The lowest BCUT2D eigenvalue weighted by Crippen LogP contribution is -2.23. The van der Waals surface area contributed by atoms with Crippen molar-refractivity contribution in [3.05, 3.63) is 66.0 Å². The summed E-state index contributed by atoms with van der Waals surface area (Å²) in [5.74, 6) is -0.571. The summed E-state index contributed by atoms with van der Waals surface area (Å²) in [6.07, 6.45) is 6.23. The molecule has 0 saturated carbocycles. The van der Waals surface area contributed by atoms with Crippen molar-refractivity contribution in [1.82, 2.24) is 14.1 Å². The third kappa shape index (κ3) is 3.04. The number of fused-ring (bicyclic) bond motifs is 4. The zero-order chi connectivity index (χ0) is 20.8. The second-order valence-corrected chi connectivity index (χ2v) is 8.50. The minimum atomic E-state index is -0.571. The van der Waals surface area contributed by atoms with Crippen molar-refractivity contribution in [2.45, 2.75) is 45.2 Å². The lowest BCUT2D eigenvalue weighted by atomic mass is 9.97. The number of hydrogen-bond acceptors (Lipinski definition) is 7. The van der Waals surface area contributed by atoms with Crippen molar-refractivity contribution in [2.24, 2.45) is 0 Å². The summed E-state index contributed by atoms with van der Waals surface area (Å²) >= 11 is 1.61. The number of nitro groups is 1. The van der Waals surface area contributed by atoms with Crippen molar-refractivity contribution >= 4 is 38.3 Å².